The van der Waals surface area contributed by atoms with Gasteiger partial charge in [0.05, 0.1) is 6.10 Å². The van der Waals surface area contributed by atoms with Crippen molar-refractivity contribution in [1.29, 1.82) is 0 Å². The molecule has 1 atom stereocenters. The highest BCUT2D eigenvalue weighted by Crippen LogP contribution is 2.40. The summed E-state index contributed by atoms with van der Waals surface area (Å²) in [6.45, 7) is 3.87. The molecule has 0 aromatic carbocycles. The van der Waals surface area contributed by atoms with Crippen LogP contribution in [0.2, 0.25) is 0 Å². The molecule has 1 unspecified atom stereocenters. The molecule has 2 fully saturated rings. The van der Waals surface area contributed by atoms with E-state index in [1.165, 1.54) is 6.20 Å². The number of hydrogen-bond donors (Lipinski definition) is 2. The Morgan fingerprint density at radius 2 is 2.04 bits per heavy atom. The van der Waals surface area contributed by atoms with E-state index in [0.717, 1.165) is 19.3 Å². The van der Waals surface area contributed by atoms with Crippen molar-refractivity contribution in [3.8, 4) is 0 Å². The smallest absolute Gasteiger partial charge is 0.260 e. The topological polar surface area (TPSA) is 93.7 Å². The fourth-order valence-corrected chi connectivity index (χ4v) is 3.94. The molecule has 3 heterocycles. The molecule has 7 nitrogen and oxygen atoms in total. The zero-order valence-electron chi connectivity index (χ0n) is 14.5. The Hall–Kier alpha value is -2.15. The number of H-pyrrole nitrogens is 1. The summed E-state index contributed by atoms with van der Waals surface area (Å²) in [6, 6.07) is 3.20. The predicted octanol–water partition coefficient (Wildman–Crippen LogP) is 0.600. The zero-order valence-corrected chi connectivity index (χ0v) is 14.5. The fourth-order valence-electron chi connectivity index (χ4n) is 3.94. The second-order valence-corrected chi connectivity index (χ2v) is 7.33. The minimum atomic E-state index is -0.537. The maximum atomic E-state index is 12.6. The monoisotopic (exact) mass is 347 g/mol. The van der Waals surface area contributed by atoms with Crippen molar-refractivity contribution in [2.75, 3.05) is 26.2 Å². The lowest BCUT2D eigenvalue weighted by Gasteiger charge is -2.47. The third kappa shape index (κ3) is 3.76. The van der Waals surface area contributed by atoms with Gasteiger partial charge in [-0.2, -0.15) is 0 Å². The number of aliphatic hydroxyl groups excluding tert-OH is 1. The SMILES string of the molecule is CC(O)CN1CC2(CCC1=O)CCN(C(=O)c1ccc[nH]c1=O)CC2. The molecular weight excluding hydrogens is 322 g/mol. The first-order valence-electron chi connectivity index (χ1n) is 8.83. The Balaban J connectivity index is 1.65. The van der Waals surface area contributed by atoms with Gasteiger partial charge in [0.1, 0.15) is 5.56 Å². The number of nitrogens with zero attached hydrogens (tertiary/aromatic N) is 2. The van der Waals surface area contributed by atoms with Crippen LogP contribution in [-0.4, -0.2) is 64.0 Å². The lowest BCUT2D eigenvalue weighted by atomic mass is 9.72. The van der Waals surface area contributed by atoms with Gasteiger partial charge in [0, 0.05) is 38.8 Å². The average molecular weight is 347 g/mol. The van der Waals surface area contributed by atoms with Crippen LogP contribution in [0.15, 0.2) is 23.1 Å². The number of aliphatic hydroxyl groups is 1. The number of hydrogen-bond acceptors (Lipinski definition) is 4. The first-order valence-corrected chi connectivity index (χ1v) is 8.83. The Labute approximate surface area is 146 Å². The summed E-state index contributed by atoms with van der Waals surface area (Å²) in [5.74, 6) is -0.134. The second kappa shape index (κ2) is 7.00. The molecule has 7 heteroatoms. The number of aromatic amines is 1. The van der Waals surface area contributed by atoms with E-state index in [4.69, 9.17) is 0 Å². The number of rotatable bonds is 3. The molecule has 1 spiro atoms. The van der Waals surface area contributed by atoms with Gasteiger partial charge in [-0.3, -0.25) is 14.4 Å². The molecule has 0 aliphatic carbocycles. The summed E-state index contributed by atoms with van der Waals surface area (Å²) in [6.07, 6.45) is 3.93. The number of likely N-dealkylation sites (tertiary alicyclic amines) is 2. The van der Waals surface area contributed by atoms with E-state index in [-0.39, 0.29) is 28.4 Å². The number of carbonyl (C=O) groups excluding carboxylic acids is 2. The number of amides is 2. The van der Waals surface area contributed by atoms with Crippen molar-refractivity contribution in [2.45, 2.75) is 38.7 Å². The van der Waals surface area contributed by atoms with Crippen LogP contribution in [0.3, 0.4) is 0 Å². The maximum Gasteiger partial charge on any atom is 0.260 e. The van der Waals surface area contributed by atoms with Crippen LogP contribution >= 0.6 is 0 Å². The Bertz CT molecular complexity index is 704. The van der Waals surface area contributed by atoms with E-state index >= 15 is 0 Å². The largest absolute Gasteiger partial charge is 0.392 e. The van der Waals surface area contributed by atoms with Crippen LogP contribution in [0.25, 0.3) is 0 Å². The molecule has 2 amide bonds. The molecule has 0 bridgehead atoms. The van der Waals surface area contributed by atoms with Crippen molar-refractivity contribution < 1.29 is 14.7 Å². The normalized spacial score (nSPS) is 21.4. The standard InChI is InChI=1S/C18H25N3O4/c1-13(22)11-21-12-18(5-4-15(21)23)6-9-20(10-7-18)17(25)14-3-2-8-19-16(14)24/h2-3,8,13,22H,4-7,9-12H2,1H3,(H,19,24). The molecule has 25 heavy (non-hydrogen) atoms. The van der Waals surface area contributed by atoms with Crippen LogP contribution in [0.1, 0.15) is 43.0 Å². The molecule has 2 N–H and O–H groups in total. The van der Waals surface area contributed by atoms with E-state index in [1.807, 2.05) is 0 Å². The summed E-state index contributed by atoms with van der Waals surface area (Å²) >= 11 is 0. The van der Waals surface area contributed by atoms with Crippen LogP contribution in [0, 0.1) is 5.41 Å². The molecule has 136 valence electrons. The van der Waals surface area contributed by atoms with Crippen LogP contribution < -0.4 is 5.56 Å². The minimum absolute atomic E-state index is 0.0166. The van der Waals surface area contributed by atoms with Gasteiger partial charge in [-0.25, -0.2) is 0 Å². The highest BCUT2D eigenvalue weighted by atomic mass is 16.3. The quantitative estimate of drug-likeness (QED) is 0.837. The van der Waals surface area contributed by atoms with Crippen molar-refractivity contribution in [3.63, 3.8) is 0 Å². The molecule has 1 aromatic heterocycles. The number of piperidine rings is 2. The number of pyridine rings is 1. The Morgan fingerprint density at radius 1 is 1.32 bits per heavy atom. The van der Waals surface area contributed by atoms with Gasteiger partial charge in [-0.1, -0.05) is 0 Å². The fraction of sp³-hybridized carbons (Fsp3) is 0.611. The average Bonchev–Trinajstić information content (AvgIpc) is 2.58. The summed E-state index contributed by atoms with van der Waals surface area (Å²) in [5, 5.41) is 9.60. The van der Waals surface area contributed by atoms with Crippen molar-refractivity contribution in [3.05, 3.63) is 34.2 Å². The van der Waals surface area contributed by atoms with Gasteiger partial charge in [-0.15, -0.1) is 0 Å². The Kier molecular flexibility index (Phi) is 4.94. The zero-order chi connectivity index (χ0) is 18.0. The van der Waals surface area contributed by atoms with E-state index in [2.05, 4.69) is 4.98 Å². The minimum Gasteiger partial charge on any atom is -0.392 e. The lowest BCUT2D eigenvalue weighted by Crippen LogP contribution is -2.53. The van der Waals surface area contributed by atoms with Gasteiger partial charge in [-0.05, 0) is 43.7 Å². The van der Waals surface area contributed by atoms with Gasteiger partial charge < -0.3 is 19.9 Å². The first-order chi connectivity index (χ1) is 11.9. The summed E-state index contributed by atoms with van der Waals surface area (Å²) in [4.78, 5) is 42.5. The lowest BCUT2D eigenvalue weighted by molar-refractivity contribution is -0.140. The maximum absolute atomic E-state index is 12.6. The van der Waals surface area contributed by atoms with Crippen LogP contribution in [0.4, 0.5) is 0 Å². The molecule has 2 aliphatic heterocycles. The molecule has 2 aliphatic rings. The highest BCUT2D eigenvalue weighted by Gasteiger charge is 2.42. The molecule has 2 saturated heterocycles. The first kappa shape index (κ1) is 17.7. The van der Waals surface area contributed by atoms with Crippen LogP contribution in [0.5, 0.6) is 0 Å². The highest BCUT2D eigenvalue weighted by molar-refractivity contribution is 5.93. The number of carbonyl (C=O) groups is 2. The van der Waals surface area contributed by atoms with E-state index in [1.54, 1.807) is 28.9 Å². The molecular formula is C18H25N3O4. The molecule has 3 rings (SSSR count). The summed E-state index contributed by atoms with van der Waals surface area (Å²) < 4.78 is 0. The van der Waals surface area contributed by atoms with Gasteiger partial charge in [0.15, 0.2) is 0 Å². The summed E-state index contributed by atoms with van der Waals surface area (Å²) in [5.41, 5.74) is -0.171. The van der Waals surface area contributed by atoms with Crippen molar-refractivity contribution in [2.24, 2.45) is 5.41 Å². The third-order valence-corrected chi connectivity index (χ3v) is 5.39. The molecule has 0 saturated carbocycles. The van der Waals surface area contributed by atoms with Crippen molar-refractivity contribution in [1.82, 2.24) is 14.8 Å². The predicted molar refractivity (Wildman–Crippen MR) is 92.1 cm³/mol. The van der Waals surface area contributed by atoms with E-state index in [9.17, 15) is 19.5 Å². The Morgan fingerprint density at radius 3 is 2.68 bits per heavy atom. The number of nitrogens with one attached hydrogen (secondary N) is 1. The van der Waals surface area contributed by atoms with Crippen LogP contribution in [-0.2, 0) is 4.79 Å². The molecule has 1 aromatic rings. The van der Waals surface area contributed by atoms with E-state index in [0.29, 0.717) is 32.6 Å². The third-order valence-electron chi connectivity index (χ3n) is 5.39. The van der Waals surface area contributed by atoms with E-state index < -0.39 is 6.10 Å². The van der Waals surface area contributed by atoms with Crippen molar-refractivity contribution >= 4 is 11.8 Å². The second-order valence-electron chi connectivity index (χ2n) is 7.33. The van der Waals surface area contributed by atoms with Gasteiger partial charge >= 0.3 is 0 Å². The van der Waals surface area contributed by atoms with Gasteiger partial charge in [0.2, 0.25) is 5.91 Å². The number of aromatic nitrogens is 1. The van der Waals surface area contributed by atoms with Gasteiger partial charge in [0.25, 0.3) is 11.5 Å². The summed E-state index contributed by atoms with van der Waals surface area (Å²) in [7, 11) is 0. The molecule has 0 radical (unpaired) electrons. The number of β-amino-alcohol motifs (C(OH)–C–C–N with tert-alkyl or cyclic N) is 1.